The van der Waals surface area contributed by atoms with Gasteiger partial charge >= 0.3 is 23.9 Å². The van der Waals surface area contributed by atoms with Crippen molar-refractivity contribution < 1.29 is 68.0 Å². The molecule has 2 aliphatic heterocycles. The summed E-state index contributed by atoms with van der Waals surface area (Å²) in [6.07, 6.45) is -5.81. The summed E-state index contributed by atoms with van der Waals surface area (Å²) in [6.45, 7) is 4.17. The van der Waals surface area contributed by atoms with Crippen molar-refractivity contribution in [2.24, 2.45) is 11.8 Å². The molecule has 2 unspecified atom stereocenters. The maximum Gasteiger partial charge on any atom is 0.303 e. The minimum atomic E-state index is -1.50. The predicted octanol–water partition coefficient (Wildman–Crippen LogP) is 1.33. The van der Waals surface area contributed by atoms with E-state index in [4.69, 9.17) is 40.0 Å². The first-order valence-corrected chi connectivity index (χ1v) is 17.9. The highest BCUT2D eigenvalue weighted by molar-refractivity contribution is 6.20. The van der Waals surface area contributed by atoms with Crippen LogP contribution in [0.2, 0.25) is 0 Å². The summed E-state index contributed by atoms with van der Waals surface area (Å²) in [4.78, 5) is 46.0. The fourth-order valence-corrected chi connectivity index (χ4v) is 6.56. The molecule has 1 saturated carbocycles. The maximum atomic E-state index is 11.6. The number of alkyl halides is 1. The average molecular weight is 743 g/mol. The molecule has 2 heterocycles. The molecule has 0 aromatic heterocycles. The van der Waals surface area contributed by atoms with Crippen LogP contribution in [0.5, 0.6) is 0 Å². The molecule has 3 aliphatic rings. The van der Waals surface area contributed by atoms with Gasteiger partial charge in [0.05, 0.1) is 0 Å². The lowest BCUT2D eigenvalue weighted by Crippen LogP contribution is -2.59. The summed E-state index contributed by atoms with van der Waals surface area (Å²) in [5.41, 5.74) is 0. The van der Waals surface area contributed by atoms with E-state index in [1.54, 1.807) is 0 Å². The molecule has 15 heteroatoms. The van der Waals surface area contributed by atoms with Crippen molar-refractivity contribution in [1.82, 2.24) is 0 Å². The Kier molecular flexibility index (Phi) is 17.4. The van der Waals surface area contributed by atoms with Gasteiger partial charge in [-0.1, -0.05) is 42.9 Å². The summed E-state index contributed by atoms with van der Waals surface area (Å²) < 4.78 is 32.1. The summed E-state index contributed by atoms with van der Waals surface area (Å²) in [5.74, 6) is 9.68. The van der Waals surface area contributed by atoms with Crippen LogP contribution in [0.3, 0.4) is 0 Å². The first-order chi connectivity index (χ1) is 24.2. The number of aliphatic hydroxyl groups is 4. The zero-order chi connectivity index (χ0) is 37.7. The Hall–Kier alpha value is -2.95. The van der Waals surface area contributed by atoms with E-state index < -0.39 is 84.9 Å². The van der Waals surface area contributed by atoms with E-state index in [1.165, 1.54) is 13.8 Å². The number of carbonyl (C=O) groups is 4. The van der Waals surface area contributed by atoms with Crippen molar-refractivity contribution in [3.8, 4) is 23.7 Å². The zero-order valence-electron chi connectivity index (χ0n) is 29.5. The van der Waals surface area contributed by atoms with Crippen LogP contribution < -0.4 is 0 Å². The highest BCUT2D eigenvalue weighted by Crippen LogP contribution is 2.29. The van der Waals surface area contributed by atoms with Crippen LogP contribution in [0.4, 0.5) is 0 Å². The second-order valence-corrected chi connectivity index (χ2v) is 13.9. The molecule has 0 bridgehead atoms. The Morgan fingerprint density at radius 2 is 0.961 bits per heavy atom. The molecule has 51 heavy (non-hydrogen) atoms. The van der Waals surface area contributed by atoms with Crippen molar-refractivity contribution in [1.29, 1.82) is 0 Å². The van der Waals surface area contributed by atoms with Gasteiger partial charge < -0.3 is 48.8 Å². The van der Waals surface area contributed by atoms with E-state index in [9.17, 15) is 39.6 Å². The Labute approximate surface area is 303 Å². The van der Waals surface area contributed by atoms with Crippen molar-refractivity contribution in [3.63, 3.8) is 0 Å². The zero-order valence-corrected chi connectivity index (χ0v) is 30.3. The van der Waals surface area contributed by atoms with Gasteiger partial charge in [-0.15, -0.1) is 11.6 Å². The highest BCUT2D eigenvalue weighted by Gasteiger charge is 2.47. The molecule has 0 spiro atoms. The highest BCUT2D eigenvalue weighted by atomic mass is 35.5. The van der Waals surface area contributed by atoms with Gasteiger partial charge in [0, 0.05) is 44.9 Å². The topological polar surface area (TPSA) is 205 Å². The van der Waals surface area contributed by atoms with E-state index in [1.807, 2.05) is 0 Å². The minimum absolute atomic E-state index is 0.0561. The monoisotopic (exact) mass is 742 g/mol. The van der Waals surface area contributed by atoms with Gasteiger partial charge in [-0.3, -0.25) is 19.2 Å². The number of hydrogen-bond donors (Lipinski definition) is 4. The third-order valence-corrected chi connectivity index (χ3v) is 9.43. The molecular weight excluding hydrogens is 692 g/mol. The number of aliphatic hydroxyl groups excluding tert-OH is 4. The van der Waals surface area contributed by atoms with Crippen LogP contribution in [-0.2, 0) is 47.6 Å². The third kappa shape index (κ3) is 13.8. The van der Waals surface area contributed by atoms with Crippen LogP contribution in [0.15, 0.2) is 0 Å². The molecule has 3 fully saturated rings. The maximum absolute atomic E-state index is 11.6. The van der Waals surface area contributed by atoms with Gasteiger partial charge in [-0.25, -0.2) is 0 Å². The Morgan fingerprint density at radius 3 is 1.31 bits per heavy atom. The number of halogens is 1. The Bertz CT molecular complexity index is 1210. The molecule has 0 aromatic rings. The molecule has 3 rings (SSSR count). The van der Waals surface area contributed by atoms with Crippen LogP contribution in [-0.4, -0.2) is 124 Å². The lowest BCUT2D eigenvalue weighted by molar-refractivity contribution is -0.229. The van der Waals surface area contributed by atoms with Crippen LogP contribution >= 0.6 is 11.6 Å². The molecule has 12 atom stereocenters. The first kappa shape index (κ1) is 42.5. The summed E-state index contributed by atoms with van der Waals surface area (Å²) >= 11 is 6.74. The molecule has 0 aromatic carbocycles. The fourth-order valence-electron chi connectivity index (χ4n) is 6.30. The van der Waals surface area contributed by atoms with E-state index in [0.29, 0.717) is 25.7 Å². The Morgan fingerprint density at radius 1 is 0.569 bits per heavy atom. The smallest absolute Gasteiger partial charge is 0.303 e. The fraction of sp³-hybridized carbons (Fsp3) is 0.778. The summed E-state index contributed by atoms with van der Waals surface area (Å²) in [5, 5.41) is 42.7. The number of ether oxygens (including phenoxy) is 6. The first-order valence-electron chi connectivity index (χ1n) is 17.5. The minimum Gasteiger partial charge on any atom is -0.463 e. The molecule has 2 saturated heterocycles. The van der Waals surface area contributed by atoms with Crippen LogP contribution in [0, 0.1) is 35.5 Å². The van der Waals surface area contributed by atoms with E-state index in [0.717, 1.165) is 46.0 Å². The third-order valence-electron chi connectivity index (χ3n) is 9.00. The molecule has 4 N–H and O–H groups in total. The molecule has 1 aliphatic carbocycles. The standard InChI is InChI=1S/C36H51ClO14/c1-20(38)46-18-29-35(48-22(3)40)33(44)31(42)27(50-29)16-12-24-8-6-5-7-9-25(11-15-26(37)14-10-24)13-17-28-32(43)34(45)36(49-23(4)41)30(51-28)19-47-21(2)39/h24-36,42-45H,5-11,14-15,18-19H2,1-4H3/t24?,25?,26?,27-,28-,29-,30-,31-,32-,33-,34-,35-,36-/m1/s1. The van der Waals surface area contributed by atoms with E-state index in [2.05, 4.69) is 23.7 Å². The van der Waals surface area contributed by atoms with Gasteiger partial charge in [0.1, 0.15) is 62.0 Å². The van der Waals surface area contributed by atoms with E-state index >= 15 is 0 Å². The van der Waals surface area contributed by atoms with Crippen LogP contribution in [0.25, 0.3) is 0 Å². The normalized spacial score (nSPS) is 36.2. The predicted molar refractivity (Wildman–Crippen MR) is 179 cm³/mol. The van der Waals surface area contributed by atoms with Gasteiger partial charge in [-0.05, 0) is 38.5 Å². The van der Waals surface area contributed by atoms with Crippen molar-refractivity contribution in [3.05, 3.63) is 0 Å². The number of esters is 4. The van der Waals surface area contributed by atoms with Crippen molar-refractivity contribution >= 4 is 35.5 Å². The number of carbonyl (C=O) groups excluding carboxylic acids is 4. The molecule has 0 radical (unpaired) electrons. The number of hydrogen-bond acceptors (Lipinski definition) is 14. The molecule has 286 valence electrons. The molecule has 0 amide bonds. The van der Waals surface area contributed by atoms with Gasteiger partial charge in [-0.2, -0.15) is 0 Å². The summed E-state index contributed by atoms with van der Waals surface area (Å²) in [7, 11) is 0. The van der Waals surface area contributed by atoms with Crippen molar-refractivity contribution in [2.45, 2.75) is 152 Å². The summed E-state index contributed by atoms with van der Waals surface area (Å²) in [6, 6.07) is 0. The average Bonchev–Trinajstić information content (AvgIpc) is 3.06. The largest absolute Gasteiger partial charge is 0.463 e. The second kappa shape index (κ2) is 20.9. The quantitative estimate of drug-likeness (QED) is 0.131. The van der Waals surface area contributed by atoms with Gasteiger partial charge in [0.15, 0.2) is 12.2 Å². The lowest BCUT2D eigenvalue weighted by Gasteiger charge is -2.40. The van der Waals surface area contributed by atoms with Gasteiger partial charge in [0.25, 0.3) is 0 Å². The van der Waals surface area contributed by atoms with E-state index in [-0.39, 0.29) is 30.4 Å². The van der Waals surface area contributed by atoms with Crippen molar-refractivity contribution in [2.75, 3.05) is 13.2 Å². The number of rotatable bonds is 6. The second-order valence-electron chi connectivity index (χ2n) is 13.3. The lowest BCUT2D eigenvalue weighted by atomic mass is 9.89. The van der Waals surface area contributed by atoms with Gasteiger partial charge in [0.2, 0.25) is 0 Å². The van der Waals surface area contributed by atoms with Crippen LogP contribution in [0.1, 0.15) is 85.5 Å². The Balaban J connectivity index is 1.63. The SMILES string of the molecule is CC(=O)OC[C@H]1O[C@H](C#CC2CCCCCC(C#C[C@H]3O[C@H](COC(C)=O)[C@@H](OC(C)=O)[C@H](O)[C@@H]3O)CCC(Cl)CC2)[C@@H](O)[C@@H](O)[C@@H]1OC(C)=O. The molecule has 14 nitrogen and oxygen atoms in total. The molecular formula is C36H51ClO14.